The molecule has 0 spiro atoms. The lowest BCUT2D eigenvalue weighted by Gasteiger charge is -2.27. The Bertz CT molecular complexity index is 917. The van der Waals surface area contributed by atoms with E-state index >= 15 is 0 Å². The van der Waals surface area contributed by atoms with Gasteiger partial charge in [0.2, 0.25) is 5.78 Å². The molecule has 0 radical (unpaired) electrons. The van der Waals surface area contributed by atoms with E-state index in [1.165, 1.54) is 34.5 Å². The number of carbonyl (C=O) groups is 2. The molecule has 0 bridgehead atoms. The van der Waals surface area contributed by atoms with Crippen LogP contribution >= 0.6 is 0 Å². The minimum Gasteiger partial charge on any atom is -0.496 e. The van der Waals surface area contributed by atoms with Crippen molar-refractivity contribution in [2.75, 3.05) is 28.4 Å². The molecule has 0 saturated carbocycles. The molecule has 0 unspecified atom stereocenters. The second-order valence-corrected chi connectivity index (χ2v) is 7.33. The molecule has 0 atom stereocenters. The van der Waals surface area contributed by atoms with E-state index in [1.54, 1.807) is 18.2 Å². The Kier molecular flexibility index (Phi) is 6.41. The number of hydrogen-bond acceptors (Lipinski definition) is 6. The molecule has 0 aromatic heterocycles. The van der Waals surface area contributed by atoms with E-state index in [9.17, 15) is 14.7 Å². The van der Waals surface area contributed by atoms with Gasteiger partial charge in [0.15, 0.2) is 0 Å². The number of methoxy groups -OCH3 is 4. The van der Waals surface area contributed by atoms with Gasteiger partial charge in [-0.2, -0.15) is 0 Å². The van der Waals surface area contributed by atoms with E-state index in [4.69, 9.17) is 18.9 Å². The van der Waals surface area contributed by atoms with Crippen LogP contribution in [0.1, 0.15) is 52.6 Å². The number of rotatable bonds is 7. The minimum atomic E-state index is -1.14. The van der Waals surface area contributed by atoms with Crippen LogP contribution in [0.3, 0.4) is 0 Å². The second kappa shape index (κ2) is 8.43. The minimum absolute atomic E-state index is 0.00902. The summed E-state index contributed by atoms with van der Waals surface area (Å²) in [5, 5.41) is 9.74. The predicted molar refractivity (Wildman–Crippen MR) is 108 cm³/mol. The number of benzene rings is 2. The molecule has 1 N–H and O–H groups in total. The molecule has 29 heavy (non-hydrogen) atoms. The summed E-state index contributed by atoms with van der Waals surface area (Å²) in [6.45, 7) is 5.55. The van der Waals surface area contributed by atoms with Gasteiger partial charge in [-0.3, -0.25) is 4.79 Å². The van der Waals surface area contributed by atoms with Crippen LogP contribution in [-0.2, 0) is 5.41 Å². The van der Waals surface area contributed by atoms with Gasteiger partial charge in [0.25, 0.3) is 0 Å². The lowest BCUT2D eigenvalue weighted by molar-refractivity contribution is 0.0692. The molecule has 0 heterocycles. The van der Waals surface area contributed by atoms with Crippen molar-refractivity contribution >= 4 is 11.8 Å². The van der Waals surface area contributed by atoms with Crippen LogP contribution in [0.2, 0.25) is 0 Å². The predicted octanol–water partition coefficient (Wildman–Crippen LogP) is 3.95. The summed E-state index contributed by atoms with van der Waals surface area (Å²) in [5.41, 5.74) is 0.0793. The van der Waals surface area contributed by atoms with Gasteiger partial charge in [-0.05, 0) is 23.6 Å². The van der Waals surface area contributed by atoms with Crippen molar-refractivity contribution < 1.29 is 33.6 Å². The van der Waals surface area contributed by atoms with Crippen LogP contribution in [0.15, 0.2) is 24.3 Å². The molecule has 0 fully saturated rings. The lowest BCUT2D eigenvalue weighted by Crippen LogP contribution is -2.21. The van der Waals surface area contributed by atoms with Crippen LogP contribution in [0, 0.1) is 0 Å². The molecular weight excluding hydrogens is 376 g/mol. The van der Waals surface area contributed by atoms with Gasteiger partial charge >= 0.3 is 5.97 Å². The van der Waals surface area contributed by atoms with Crippen molar-refractivity contribution in [1.82, 2.24) is 0 Å². The maximum absolute atomic E-state index is 13.7. The molecule has 0 aliphatic rings. The van der Waals surface area contributed by atoms with Crippen LogP contribution in [0.5, 0.6) is 23.0 Å². The van der Waals surface area contributed by atoms with Crippen molar-refractivity contribution in [2.24, 2.45) is 0 Å². The third-order valence-electron chi connectivity index (χ3n) is 4.53. The zero-order valence-electron chi connectivity index (χ0n) is 17.7. The van der Waals surface area contributed by atoms with E-state index in [0.717, 1.165) is 0 Å². The lowest BCUT2D eigenvalue weighted by atomic mass is 9.80. The van der Waals surface area contributed by atoms with Gasteiger partial charge in [0, 0.05) is 5.56 Å². The largest absolute Gasteiger partial charge is 0.496 e. The van der Waals surface area contributed by atoms with Crippen LogP contribution in [0.4, 0.5) is 0 Å². The molecular formula is C22H26O7. The molecule has 7 nitrogen and oxygen atoms in total. The van der Waals surface area contributed by atoms with E-state index in [-0.39, 0.29) is 28.2 Å². The zero-order valence-corrected chi connectivity index (χ0v) is 17.7. The first kappa shape index (κ1) is 22.1. The zero-order chi connectivity index (χ0) is 21.9. The molecule has 2 aromatic rings. The van der Waals surface area contributed by atoms with Crippen molar-refractivity contribution in [2.45, 2.75) is 26.2 Å². The summed E-state index contributed by atoms with van der Waals surface area (Å²) in [4.78, 5) is 25.6. The van der Waals surface area contributed by atoms with Crippen molar-refractivity contribution in [3.63, 3.8) is 0 Å². The number of carboxylic acids is 1. The average molecular weight is 402 g/mol. The monoisotopic (exact) mass is 402 g/mol. The third-order valence-corrected chi connectivity index (χ3v) is 4.53. The fourth-order valence-electron chi connectivity index (χ4n) is 3.33. The van der Waals surface area contributed by atoms with Crippen LogP contribution < -0.4 is 18.9 Å². The molecule has 7 heteroatoms. The normalized spacial score (nSPS) is 11.0. The number of carbonyl (C=O) groups excluding carboxylic acids is 1. The fraction of sp³-hybridized carbons (Fsp3) is 0.364. The highest BCUT2D eigenvalue weighted by Crippen LogP contribution is 2.44. The van der Waals surface area contributed by atoms with Gasteiger partial charge in [-0.1, -0.05) is 26.8 Å². The highest BCUT2D eigenvalue weighted by molar-refractivity contribution is 6.16. The smallest absolute Gasteiger partial charge is 0.336 e. The number of aromatic carboxylic acids is 1. The Labute approximate surface area is 170 Å². The van der Waals surface area contributed by atoms with Gasteiger partial charge in [-0.25, -0.2) is 4.79 Å². The van der Waals surface area contributed by atoms with E-state index in [1.807, 2.05) is 20.8 Å². The molecule has 2 aromatic carbocycles. The summed E-state index contributed by atoms with van der Waals surface area (Å²) in [7, 11) is 5.67. The molecule has 156 valence electrons. The summed E-state index contributed by atoms with van der Waals surface area (Å²) >= 11 is 0. The summed E-state index contributed by atoms with van der Waals surface area (Å²) in [6.07, 6.45) is 0. The molecule has 0 amide bonds. The van der Waals surface area contributed by atoms with Gasteiger partial charge in [0.05, 0.1) is 34.0 Å². The first-order valence-corrected chi connectivity index (χ1v) is 8.90. The van der Waals surface area contributed by atoms with Crippen molar-refractivity contribution in [3.05, 3.63) is 46.5 Å². The SMILES string of the molecule is COc1cccc(OC)c1C(=O)c1c(OC)cc(C(=O)O)c(C(C)(C)C)c1OC. The van der Waals surface area contributed by atoms with E-state index in [2.05, 4.69) is 0 Å². The first-order chi connectivity index (χ1) is 13.6. The molecule has 0 saturated heterocycles. The molecule has 2 rings (SSSR count). The standard InChI is InChI=1S/C22H26O7/c1-22(2,3)18-12(21(24)25)11-15(28-6)17(20(18)29-7)19(23)16-13(26-4)9-8-10-14(16)27-5/h8-11H,1-7H3,(H,24,25). The van der Waals surface area contributed by atoms with Gasteiger partial charge < -0.3 is 24.1 Å². The molecule has 0 aliphatic carbocycles. The van der Waals surface area contributed by atoms with Crippen LogP contribution in [0.25, 0.3) is 0 Å². The maximum atomic E-state index is 13.7. The summed E-state index contributed by atoms with van der Waals surface area (Å²) < 4.78 is 21.7. The molecule has 0 aliphatic heterocycles. The topological polar surface area (TPSA) is 91.3 Å². The van der Waals surface area contributed by atoms with E-state index in [0.29, 0.717) is 17.1 Å². The third kappa shape index (κ3) is 3.99. The Morgan fingerprint density at radius 2 is 1.34 bits per heavy atom. The van der Waals surface area contributed by atoms with Crippen molar-refractivity contribution in [1.29, 1.82) is 0 Å². The number of hydrogen-bond donors (Lipinski definition) is 1. The fourth-order valence-corrected chi connectivity index (χ4v) is 3.33. The number of ketones is 1. The highest BCUT2D eigenvalue weighted by atomic mass is 16.5. The van der Waals surface area contributed by atoms with Gasteiger partial charge in [-0.15, -0.1) is 0 Å². The number of ether oxygens (including phenoxy) is 4. The van der Waals surface area contributed by atoms with Crippen molar-refractivity contribution in [3.8, 4) is 23.0 Å². The van der Waals surface area contributed by atoms with E-state index < -0.39 is 17.2 Å². The quantitative estimate of drug-likeness (QED) is 0.701. The van der Waals surface area contributed by atoms with Gasteiger partial charge in [0.1, 0.15) is 34.1 Å². The summed E-state index contributed by atoms with van der Waals surface area (Å²) in [6, 6.07) is 6.34. The second-order valence-electron chi connectivity index (χ2n) is 7.33. The maximum Gasteiger partial charge on any atom is 0.336 e. The summed E-state index contributed by atoms with van der Waals surface area (Å²) in [5.74, 6) is -0.732. The Hall–Kier alpha value is -3.22. The Balaban J connectivity index is 2.97. The average Bonchev–Trinajstić information content (AvgIpc) is 2.69. The first-order valence-electron chi connectivity index (χ1n) is 8.90. The highest BCUT2D eigenvalue weighted by Gasteiger charge is 2.34. The van der Waals surface area contributed by atoms with Crippen LogP contribution in [-0.4, -0.2) is 45.3 Å². The Morgan fingerprint density at radius 1 is 0.828 bits per heavy atom. The number of carboxylic acid groups (broad SMARTS) is 1. The Morgan fingerprint density at radius 3 is 1.72 bits per heavy atom.